The van der Waals surface area contributed by atoms with Crippen molar-refractivity contribution in [2.24, 2.45) is 0 Å². The molecule has 4 aromatic rings. The fourth-order valence-electron chi connectivity index (χ4n) is 2.59. The van der Waals surface area contributed by atoms with E-state index in [0.29, 0.717) is 46.7 Å². The summed E-state index contributed by atoms with van der Waals surface area (Å²) in [6, 6.07) is 13.0. The number of rotatable bonds is 5. The van der Waals surface area contributed by atoms with Gasteiger partial charge in [0.1, 0.15) is 17.9 Å². The summed E-state index contributed by atoms with van der Waals surface area (Å²) in [4.78, 5) is 4.45. The summed E-state index contributed by atoms with van der Waals surface area (Å²) in [6.45, 7) is 0. The van der Waals surface area contributed by atoms with E-state index in [9.17, 15) is 0 Å². The van der Waals surface area contributed by atoms with E-state index in [1.165, 1.54) is 0 Å². The largest absolute Gasteiger partial charge is 0.496 e. The minimum atomic E-state index is 0.292. The van der Waals surface area contributed by atoms with Gasteiger partial charge in [0, 0.05) is 0 Å². The van der Waals surface area contributed by atoms with Gasteiger partial charge in [-0.2, -0.15) is 0 Å². The molecule has 7 nitrogen and oxygen atoms in total. The van der Waals surface area contributed by atoms with Crippen LogP contribution < -0.4 is 9.47 Å². The Bertz CT molecular complexity index is 1020. The van der Waals surface area contributed by atoms with Crippen molar-refractivity contribution in [1.29, 1.82) is 0 Å². The van der Waals surface area contributed by atoms with Gasteiger partial charge in [-0.3, -0.25) is 0 Å². The fourth-order valence-corrected chi connectivity index (χ4v) is 2.59. The molecule has 0 bridgehead atoms. The van der Waals surface area contributed by atoms with Crippen LogP contribution in [0.1, 0.15) is 11.8 Å². The summed E-state index contributed by atoms with van der Waals surface area (Å²) in [5.74, 6) is 2.61. The van der Waals surface area contributed by atoms with Crippen molar-refractivity contribution in [2.75, 3.05) is 14.2 Å². The van der Waals surface area contributed by atoms with Gasteiger partial charge < -0.3 is 18.3 Å². The maximum atomic E-state index is 5.74. The molecule has 0 amide bonds. The Balaban J connectivity index is 1.63. The minimum absolute atomic E-state index is 0.292. The highest BCUT2D eigenvalue weighted by Gasteiger charge is 2.16. The molecule has 0 radical (unpaired) electrons. The summed E-state index contributed by atoms with van der Waals surface area (Å²) in [7, 11) is 3.20. The predicted molar refractivity (Wildman–Crippen MR) is 89.7 cm³/mol. The molecule has 25 heavy (non-hydrogen) atoms. The third kappa shape index (κ3) is 2.80. The van der Waals surface area contributed by atoms with E-state index in [-0.39, 0.29) is 0 Å². The highest BCUT2D eigenvalue weighted by molar-refractivity contribution is 5.79. The maximum Gasteiger partial charge on any atom is 0.251 e. The number of methoxy groups -OCH3 is 2. The number of ether oxygens (including phenoxy) is 2. The molecule has 2 aromatic carbocycles. The van der Waals surface area contributed by atoms with E-state index in [2.05, 4.69) is 15.2 Å². The standard InChI is InChI=1S/C18H15N3O4/c1-22-12-7-4-3-6-11(12)18-21-20-16(25-18)10-15-19-17-13(23-2)8-5-9-14(17)24-15/h3-9H,10H2,1-2H3. The second kappa shape index (κ2) is 6.27. The first-order valence-electron chi connectivity index (χ1n) is 7.66. The van der Waals surface area contributed by atoms with Gasteiger partial charge in [0.05, 0.1) is 19.8 Å². The van der Waals surface area contributed by atoms with Crippen molar-refractivity contribution in [3.05, 3.63) is 54.2 Å². The lowest BCUT2D eigenvalue weighted by Gasteiger charge is -2.03. The molecule has 0 saturated carbocycles. The highest BCUT2D eigenvalue weighted by atomic mass is 16.5. The Labute approximate surface area is 143 Å². The Morgan fingerprint density at radius 2 is 1.64 bits per heavy atom. The van der Waals surface area contributed by atoms with Gasteiger partial charge in [0.15, 0.2) is 11.1 Å². The van der Waals surface area contributed by atoms with Crippen molar-refractivity contribution in [3.8, 4) is 23.0 Å². The van der Waals surface area contributed by atoms with E-state index < -0.39 is 0 Å². The number of hydrogen-bond acceptors (Lipinski definition) is 7. The van der Waals surface area contributed by atoms with E-state index >= 15 is 0 Å². The van der Waals surface area contributed by atoms with Crippen LogP contribution in [-0.4, -0.2) is 29.4 Å². The second-order valence-electron chi connectivity index (χ2n) is 5.29. The van der Waals surface area contributed by atoms with Crippen molar-refractivity contribution >= 4 is 11.1 Å². The van der Waals surface area contributed by atoms with Gasteiger partial charge >= 0.3 is 0 Å². The molecule has 0 fully saturated rings. The van der Waals surface area contributed by atoms with Crippen LogP contribution in [0.2, 0.25) is 0 Å². The average Bonchev–Trinajstić information content (AvgIpc) is 3.28. The average molecular weight is 337 g/mol. The molecule has 2 aromatic heterocycles. The van der Waals surface area contributed by atoms with Crippen LogP contribution in [0.15, 0.2) is 51.3 Å². The molecule has 0 N–H and O–H groups in total. The second-order valence-corrected chi connectivity index (χ2v) is 5.29. The Kier molecular flexibility index (Phi) is 3.81. The topological polar surface area (TPSA) is 83.4 Å². The first kappa shape index (κ1) is 15.2. The zero-order valence-electron chi connectivity index (χ0n) is 13.7. The number of aromatic nitrogens is 3. The molecule has 4 rings (SSSR count). The smallest absolute Gasteiger partial charge is 0.251 e. The van der Waals surface area contributed by atoms with Crippen LogP contribution in [0.3, 0.4) is 0 Å². The summed E-state index contributed by atoms with van der Waals surface area (Å²) in [5, 5.41) is 8.16. The SMILES string of the molecule is COc1ccccc1-c1nnc(Cc2nc3c(OC)cccc3o2)o1. The van der Waals surface area contributed by atoms with Crippen molar-refractivity contribution in [3.63, 3.8) is 0 Å². The van der Waals surface area contributed by atoms with Crippen molar-refractivity contribution in [1.82, 2.24) is 15.2 Å². The molecular formula is C18H15N3O4. The number of fused-ring (bicyclic) bond motifs is 1. The molecule has 0 aliphatic rings. The van der Waals surface area contributed by atoms with Gasteiger partial charge in [0.2, 0.25) is 11.8 Å². The van der Waals surface area contributed by atoms with Crippen LogP contribution in [0.5, 0.6) is 11.5 Å². The number of benzene rings is 2. The molecule has 126 valence electrons. The van der Waals surface area contributed by atoms with Crippen molar-refractivity contribution in [2.45, 2.75) is 6.42 Å². The van der Waals surface area contributed by atoms with E-state index in [0.717, 1.165) is 5.56 Å². The molecule has 7 heteroatoms. The van der Waals surface area contributed by atoms with Crippen LogP contribution in [-0.2, 0) is 6.42 Å². The van der Waals surface area contributed by atoms with Gasteiger partial charge in [-0.25, -0.2) is 4.98 Å². The number of nitrogens with zero attached hydrogens (tertiary/aromatic N) is 3. The van der Waals surface area contributed by atoms with Crippen LogP contribution in [0.4, 0.5) is 0 Å². The molecule has 0 saturated heterocycles. The first-order chi connectivity index (χ1) is 12.3. The van der Waals surface area contributed by atoms with Crippen molar-refractivity contribution < 1.29 is 18.3 Å². The highest BCUT2D eigenvalue weighted by Crippen LogP contribution is 2.29. The molecular weight excluding hydrogens is 322 g/mol. The quantitative estimate of drug-likeness (QED) is 0.551. The maximum absolute atomic E-state index is 5.74. The Morgan fingerprint density at radius 3 is 2.48 bits per heavy atom. The number of hydrogen-bond donors (Lipinski definition) is 0. The van der Waals surface area contributed by atoms with E-state index in [1.807, 2.05) is 42.5 Å². The van der Waals surface area contributed by atoms with Gasteiger partial charge in [-0.05, 0) is 24.3 Å². The summed E-state index contributed by atoms with van der Waals surface area (Å²) < 4.78 is 22.1. The molecule has 0 aliphatic heterocycles. The van der Waals surface area contributed by atoms with Crippen LogP contribution >= 0.6 is 0 Å². The third-order valence-corrected chi connectivity index (χ3v) is 3.75. The van der Waals surface area contributed by atoms with Gasteiger partial charge in [-0.1, -0.05) is 18.2 Å². The van der Waals surface area contributed by atoms with Crippen LogP contribution in [0.25, 0.3) is 22.6 Å². The fraction of sp³-hybridized carbons (Fsp3) is 0.167. The molecule has 0 atom stereocenters. The minimum Gasteiger partial charge on any atom is -0.496 e. The summed E-state index contributed by atoms with van der Waals surface area (Å²) >= 11 is 0. The van der Waals surface area contributed by atoms with Gasteiger partial charge in [0.25, 0.3) is 5.89 Å². The third-order valence-electron chi connectivity index (χ3n) is 3.75. The zero-order valence-corrected chi connectivity index (χ0v) is 13.7. The lowest BCUT2D eigenvalue weighted by atomic mass is 10.2. The molecule has 0 aliphatic carbocycles. The molecule has 0 unspecified atom stereocenters. The lowest BCUT2D eigenvalue weighted by molar-refractivity contribution is 0.413. The van der Waals surface area contributed by atoms with E-state index in [4.69, 9.17) is 18.3 Å². The number of oxazole rings is 1. The first-order valence-corrected chi connectivity index (χ1v) is 7.66. The van der Waals surface area contributed by atoms with Gasteiger partial charge in [-0.15, -0.1) is 10.2 Å². The number of para-hydroxylation sites is 2. The Hall–Kier alpha value is -3.35. The zero-order chi connectivity index (χ0) is 17.2. The normalized spacial score (nSPS) is 11.0. The van der Waals surface area contributed by atoms with Crippen LogP contribution in [0, 0.1) is 0 Å². The predicted octanol–water partition coefficient (Wildman–Crippen LogP) is 3.49. The lowest BCUT2D eigenvalue weighted by Crippen LogP contribution is -1.88. The molecule has 0 spiro atoms. The summed E-state index contributed by atoms with van der Waals surface area (Å²) in [5.41, 5.74) is 2.06. The summed E-state index contributed by atoms with van der Waals surface area (Å²) in [6.07, 6.45) is 0.292. The monoisotopic (exact) mass is 337 g/mol. The Morgan fingerprint density at radius 1 is 0.840 bits per heavy atom. The van der Waals surface area contributed by atoms with E-state index in [1.54, 1.807) is 14.2 Å². The molecule has 2 heterocycles.